The van der Waals surface area contributed by atoms with Gasteiger partial charge in [0.05, 0.1) is 0 Å². The van der Waals surface area contributed by atoms with Gasteiger partial charge in [-0.15, -0.1) is 0 Å². The highest BCUT2D eigenvalue weighted by Crippen LogP contribution is 2.38. The van der Waals surface area contributed by atoms with E-state index < -0.39 is 0 Å². The van der Waals surface area contributed by atoms with Crippen molar-refractivity contribution in [2.45, 2.75) is 32.6 Å². The van der Waals surface area contributed by atoms with Crippen molar-refractivity contribution in [1.29, 1.82) is 0 Å². The van der Waals surface area contributed by atoms with Gasteiger partial charge in [0.25, 0.3) is 0 Å². The quantitative estimate of drug-likeness (QED) is 0.749. The van der Waals surface area contributed by atoms with Gasteiger partial charge in [-0.05, 0) is 57.8 Å². The minimum atomic E-state index is 0.112. The van der Waals surface area contributed by atoms with Gasteiger partial charge in [-0.3, -0.25) is 9.78 Å². The first-order chi connectivity index (χ1) is 8.65. The van der Waals surface area contributed by atoms with Crippen LogP contribution in [0.3, 0.4) is 0 Å². The molecule has 3 aliphatic heterocycles. The lowest BCUT2D eigenvalue weighted by molar-refractivity contribution is 0.0853. The molecule has 2 bridgehead atoms. The molecule has 3 aliphatic rings. The zero-order chi connectivity index (χ0) is 12.7. The largest absolute Gasteiger partial charge is 0.303 e. The first kappa shape index (κ1) is 11.8. The Morgan fingerprint density at radius 2 is 2.06 bits per heavy atom. The van der Waals surface area contributed by atoms with E-state index in [0.717, 1.165) is 23.7 Å². The topological polar surface area (TPSA) is 33.2 Å². The summed E-state index contributed by atoms with van der Waals surface area (Å²) in [6, 6.07) is 4.02. The second-order valence-electron chi connectivity index (χ2n) is 5.67. The number of Topliss-reactive ketones (excluding diaryl/α,β-unsaturated/α-hetero) is 1. The molecule has 1 aromatic rings. The van der Waals surface area contributed by atoms with Gasteiger partial charge in [0.1, 0.15) is 0 Å². The van der Waals surface area contributed by atoms with Gasteiger partial charge >= 0.3 is 0 Å². The number of hydrogen-bond acceptors (Lipinski definition) is 3. The molecule has 0 N–H and O–H groups in total. The minimum absolute atomic E-state index is 0.112. The van der Waals surface area contributed by atoms with Crippen LogP contribution in [0.2, 0.25) is 0 Å². The van der Waals surface area contributed by atoms with Crippen LogP contribution in [0.15, 0.2) is 12.1 Å². The van der Waals surface area contributed by atoms with E-state index in [9.17, 15) is 4.79 Å². The molecule has 3 fully saturated rings. The van der Waals surface area contributed by atoms with Crippen LogP contribution in [0.4, 0.5) is 0 Å². The smallest absolute Gasteiger partial charge is 0.161 e. The normalized spacial score (nSPS) is 30.4. The molecule has 0 aromatic carbocycles. The van der Waals surface area contributed by atoms with Crippen molar-refractivity contribution in [3.63, 3.8) is 0 Å². The Balaban J connectivity index is 1.89. The van der Waals surface area contributed by atoms with Gasteiger partial charge in [-0.25, -0.2) is 0 Å². The fourth-order valence-corrected chi connectivity index (χ4v) is 3.46. The molecule has 96 valence electrons. The van der Waals surface area contributed by atoms with Crippen LogP contribution in [0, 0.1) is 12.8 Å². The van der Waals surface area contributed by atoms with Crippen LogP contribution < -0.4 is 0 Å². The van der Waals surface area contributed by atoms with Crippen molar-refractivity contribution in [3.05, 3.63) is 29.1 Å². The van der Waals surface area contributed by atoms with E-state index in [1.165, 1.54) is 31.6 Å². The van der Waals surface area contributed by atoms with Crippen LogP contribution in [0.25, 0.3) is 0 Å². The number of aryl methyl sites for hydroxylation is 1. The lowest BCUT2D eigenvalue weighted by Gasteiger charge is -2.44. The number of carbonyl (C=O) groups excluding carboxylic acids is 1. The average molecular weight is 244 g/mol. The van der Waals surface area contributed by atoms with E-state index in [1.807, 2.05) is 13.0 Å². The van der Waals surface area contributed by atoms with E-state index >= 15 is 0 Å². The van der Waals surface area contributed by atoms with Gasteiger partial charge in [-0.1, -0.05) is 0 Å². The zero-order valence-corrected chi connectivity index (χ0v) is 11.1. The molecular formula is C15H20N2O. The molecule has 3 heteroatoms. The second-order valence-corrected chi connectivity index (χ2v) is 5.67. The van der Waals surface area contributed by atoms with Gasteiger partial charge in [0, 0.05) is 29.4 Å². The number of carbonyl (C=O) groups is 1. The predicted molar refractivity (Wildman–Crippen MR) is 70.9 cm³/mol. The number of nitrogens with zero attached hydrogens (tertiary/aromatic N) is 2. The van der Waals surface area contributed by atoms with Crippen molar-refractivity contribution < 1.29 is 4.79 Å². The Labute approximate surface area is 108 Å². The Bertz CT molecular complexity index is 475. The molecule has 0 radical (unpaired) electrons. The lowest BCUT2D eigenvalue weighted by atomic mass is 9.77. The summed E-state index contributed by atoms with van der Waals surface area (Å²) in [5.74, 6) is 1.48. The fraction of sp³-hybridized carbons (Fsp3) is 0.600. The maximum absolute atomic E-state index is 11.4. The number of hydrogen-bond donors (Lipinski definition) is 0. The van der Waals surface area contributed by atoms with Crippen molar-refractivity contribution in [1.82, 2.24) is 9.88 Å². The molecule has 3 nitrogen and oxygen atoms in total. The van der Waals surface area contributed by atoms with E-state index in [0.29, 0.717) is 5.92 Å². The lowest BCUT2D eigenvalue weighted by Crippen LogP contribution is -2.46. The number of fused-ring (bicyclic) bond motifs is 3. The standard InChI is InChI=1S/C15H20N2O/c1-10-13(11(2)18)3-4-15(16-10)14-9-17-7-5-12(14)6-8-17/h3-4,12,14H,5-9H2,1-2H3. The van der Waals surface area contributed by atoms with Gasteiger partial charge in [-0.2, -0.15) is 0 Å². The second kappa shape index (κ2) is 4.47. The van der Waals surface area contributed by atoms with E-state index in [1.54, 1.807) is 6.92 Å². The number of aromatic nitrogens is 1. The Morgan fingerprint density at radius 3 is 2.56 bits per heavy atom. The van der Waals surface area contributed by atoms with Crippen molar-refractivity contribution in [3.8, 4) is 0 Å². The molecule has 1 unspecified atom stereocenters. The summed E-state index contributed by atoms with van der Waals surface area (Å²) in [6.07, 6.45) is 2.61. The van der Waals surface area contributed by atoms with Crippen LogP contribution >= 0.6 is 0 Å². The predicted octanol–water partition coefficient (Wildman–Crippen LogP) is 2.40. The van der Waals surface area contributed by atoms with Crippen molar-refractivity contribution >= 4 is 5.78 Å². The third-order valence-electron chi connectivity index (χ3n) is 4.52. The minimum Gasteiger partial charge on any atom is -0.303 e. The van der Waals surface area contributed by atoms with E-state index in [4.69, 9.17) is 0 Å². The molecule has 4 rings (SSSR count). The molecule has 1 aromatic heterocycles. The molecular weight excluding hydrogens is 224 g/mol. The van der Waals surface area contributed by atoms with Gasteiger partial charge < -0.3 is 4.90 Å². The molecule has 0 amide bonds. The molecule has 3 saturated heterocycles. The summed E-state index contributed by atoms with van der Waals surface area (Å²) in [4.78, 5) is 18.7. The molecule has 0 aliphatic carbocycles. The van der Waals surface area contributed by atoms with Crippen LogP contribution in [-0.2, 0) is 0 Å². The molecule has 1 atom stereocenters. The summed E-state index contributed by atoms with van der Waals surface area (Å²) in [6.45, 7) is 7.22. The molecule has 4 heterocycles. The monoisotopic (exact) mass is 244 g/mol. The summed E-state index contributed by atoms with van der Waals surface area (Å²) in [5.41, 5.74) is 2.84. The summed E-state index contributed by atoms with van der Waals surface area (Å²) in [5, 5.41) is 0. The average Bonchev–Trinajstić information content (AvgIpc) is 2.39. The third kappa shape index (κ3) is 1.97. The maximum Gasteiger partial charge on any atom is 0.161 e. The van der Waals surface area contributed by atoms with Crippen LogP contribution in [0.5, 0.6) is 0 Å². The van der Waals surface area contributed by atoms with E-state index in [-0.39, 0.29) is 5.78 Å². The van der Waals surface area contributed by atoms with Crippen molar-refractivity contribution in [2.75, 3.05) is 19.6 Å². The van der Waals surface area contributed by atoms with Crippen LogP contribution in [0.1, 0.15) is 47.4 Å². The number of ketones is 1. The first-order valence-corrected chi connectivity index (χ1v) is 6.86. The summed E-state index contributed by atoms with van der Waals surface area (Å²) in [7, 11) is 0. The maximum atomic E-state index is 11.4. The first-order valence-electron chi connectivity index (χ1n) is 6.86. The Kier molecular flexibility index (Phi) is 2.94. The molecule has 18 heavy (non-hydrogen) atoms. The van der Waals surface area contributed by atoms with Crippen molar-refractivity contribution in [2.24, 2.45) is 5.92 Å². The molecule has 0 spiro atoms. The number of rotatable bonds is 2. The van der Waals surface area contributed by atoms with Crippen LogP contribution in [-0.4, -0.2) is 35.3 Å². The Hall–Kier alpha value is -1.22. The SMILES string of the molecule is CC(=O)c1ccc(C2CN3CCC2CC3)nc1C. The van der Waals surface area contributed by atoms with E-state index in [2.05, 4.69) is 16.0 Å². The number of pyridine rings is 1. The number of piperidine rings is 3. The fourth-order valence-electron chi connectivity index (χ4n) is 3.46. The highest BCUT2D eigenvalue weighted by atomic mass is 16.1. The zero-order valence-electron chi connectivity index (χ0n) is 11.1. The van der Waals surface area contributed by atoms with Gasteiger partial charge in [0.15, 0.2) is 5.78 Å². The summed E-state index contributed by atoms with van der Waals surface area (Å²) < 4.78 is 0. The summed E-state index contributed by atoms with van der Waals surface area (Å²) >= 11 is 0. The highest BCUT2D eigenvalue weighted by molar-refractivity contribution is 5.95. The Morgan fingerprint density at radius 1 is 1.33 bits per heavy atom. The third-order valence-corrected chi connectivity index (χ3v) is 4.52. The van der Waals surface area contributed by atoms with Gasteiger partial charge in [0.2, 0.25) is 0 Å². The highest BCUT2D eigenvalue weighted by Gasteiger charge is 2.35. The molecule has 0 saturated carbocycles.